The van der Waals surface area contributed by atoms with Crippen LogP contribution in [0, 0.1) is 11.8 Å². The molecule has 3 rings (SSSR count). The maximum Gasteiger partial charge on any atom is 0.408 e. The van der Waals surface area contributed by atoms with E-state index in [1.54, 1.807) is 11.8 Å². The molecule has 0 bridgehead atoms. The number of carbonyl (C=O) groups excluding carboxylic acids is 2. The highest BCUT2D eigenvalue weighted by atomic mass is 32.2. The molecule has 0 unspecified atom stereocenters. The van der Waals surface area contributed by atoms with Crippen LogP contribution in [0.25, 0.3) is 0 Å². The number of nitrogens with zero attached hydrogens (tertiary/aromatic N) is 2. The van der Waals surface area contributed by atoms with E-state index in [0.29, 0.717) is 11.7 Å². The number of hydrogen-bond donors (Lipinski definition) is 1. The second-order valence-electron chi connectivity index (χ2n) is 10.1. The van der Waals surface area contributed by atoms with Gasteiger partial charge in [-0.2, -0.15) is 0 Å². The van der Waals surface area contributed by atoms with Gasteiger partial charge in [0.05, 0.1) is 0 Å². The first-order valence-electron chi connectivity index (χ1n) is 11.9. The molecule has 6 nitrogen and oxygen atoms in total. The summed E-state index contributed by atoms with van der Waals surface area (Å²) in [6, 6.07) is 9.37. The average Bonchev–Trinajstić information content (AvgIpc) is 2.76. The smallest absolute Gasteiger partial charge is 0.408 e. The van der Waals surface area contributed by atoms with Gasteiger partial charge in [-0.05, 0) is 90.6 Å². The van der Waals surface area contributed by atoms with Crippen LogP contribution in [0.2, 0.25) is 0 Å². The summed E-state index contributed by atoms with van der Waals surface area (Å²) in [6.07, 6.45) is 4.12. The van der Waals surface area contributed by atoms with Crippen LogP contribution in [0.3, 0.4) is 0 Å². The van der Waals surface area contributed by atoms with E-state index in [1.807, 2.05) is 56.0 Å². The summed E-state index contributed by atoms with van der Waals surface area (Å²) in [5.41, 5.74) is -0.601. The van der Waals surface area contributed by atoms with Crippen LogP contribution in [0.5, 0.6) is 0 Å². The van der Waals surface area contributed by atoms with Gasteiger partial charge in [0.15, 0.2) is 0 Å². The van der Waals surface area contributed by atoms with E-state index in [-0.39, 0.29) is 5.91 Å². The lowest BCUT2D eigenvalue weighted by molar-refractivity contribution is -0.134. The second-order valence-corrected chi connectivity index (χ2v) is 11.2. The van der Waals surface area contributed by atoms with Gasteiger partial charge in [-0.3, -0.25) is 4.79 Å². The number of likely N-dealkylation sites (tertiary alicyclic amines) is 2. The molecule has 0 aromatic heterocycles. The first kappa shape index (κ1) is 24.9. The molecular formula is C25H39N3O3S. The van der Waals surface area contributed by atoms with Crippen molar-refractivity contribution in [3.05, 3.63) is 30.3 Å². The predicted octanol–water partition coefficient (Wildman–Crippen LogP) is 4.25. The van der Waals surface area contributed by atoms with Gasteiger partial charge in [-0.25, -0.2) is 4.79 Å². The summed E-state index contributed by atoms with van der Waals surface area (Å²) in [5.74, 6) is 1.98. The Morgan fingerprint density at radius 2 is 1.59 bits per heavy atom. The predicted molar refractivity (Wildman–Crippen MR) is 130 cm³/mol. The average molecular weight is 462 g/mol. The van der Waals surface area contributed by atoms with Crippen molar-refractivity contribution < 1.29 is 14.3 Å². The monoisotopic (exact) mass is 461 g/mol. The summed E-state index contributed by atoms with van der Waals surface area (Å²) in [5, 5.41) is 2.84. The highest BCUT2D eigenvalue weighted by Gasteiger charge is 2.33. The zero-order valence-corrected chi connectivity index (χ0v) is 20.8. The zero-order chi connectivity index (χ0) is 23.1. The molecular weight excluding hydrogens is 422 g/mol. The molecule has 2 fully saturated rings. The minimum atomic E-state index is -0.602. The van der Waals surface area contributed by atoms with Crippen molar-refractivity contribution in [2.24, 2.45) is 11.8 Å². The van der Waals surface area contributed by atoms with Gasteiger partial charge in [0.2, 0.25) is 5.91 Å². The molecule has 1 N–H and O–H groups in total. The number of piperidine rings is 2. The quantitative estimate of drug-likeness (QED) is 0.642. The van der Waals surface area contributed by atoms with Crippen molar-refractivity contribution >= 4 is 23.8 Å². The maximum atomic E-state index is 13.4. The van der Waals surface area contributed by atoms with Crippen LogP contribution in [0.1, 0.15) is 46.5 Å². The summed E-state index contributed by atoms with van der Waals surface area (Å²) < 4.78 is 5.43. The SMILES string of the molecule is CN1CCC(C2CCN(C(=O)[C@@H](CSc3ccccc3)NC(=O)OC(C)(C)C)CC2)CC1. The van der Waals surface area contributed by atoms with E-state index in [9.17, 15) is 9.59 Å². The first-order valence-corrected chi connectivity index (χ1v) is 12.8. The molecule has 1 atom stereocenters. The lowest BCUT2D eigenvalue weighted by Crippen LogP contribution is -2.53. The molecule has 0 radical (unpaired) electrons. The minimum Gasteiger partial charge on any atom is -0.444 e. The van der Waals surface area contributed by atoms with Gasteiger partial charge in [0.25, 0.3) is 0 Å². The van der Waals surface area contributed by atoms with E-state index in [2.05, 4.69) is 17.3 Å². The summed E-state index contributed by atoms with van der Waals surface area (Å²) in [7, 11) is 2.20. The van der Waals surface area contributed by atoms with Crippen molar-refractivity contribution in [1.82, 2.24) is 15.1 Å². The molecule has 2 heterocycles. The molecule has 1 aromatic carbocycles. The zero-order valence-electron chi connectivity index (χ0n) is 20.0. The Bertz CT molecular complexity index is 737. The Labute approximate surface area is 197 Å². The largest absolute Gasteiger partial charge is 0.444 e. The fourth-order valence-corrected chi connectivity index (χ4v) is 5.57. The molecule has 2 aliphatic rings. The number of benzene rings is 1. The van der Waals surface area contributed by atoms with Gasteiger partial charge in [0.1, 0.15) is 11.6 Å². The number of carbonyl (C=O) groups is 2. The van der Waals surface area contributed by atoms with E-state index in [4.69, 9.17) is 4.74 Å². The molecule has 7 heteroatoms. The molecule has 0 spiro atoms. The Balaban J connectivity index is 1.57. The Morgan fingerprint density at radius 1 is 1.03 bits per heavy atom. The molecule has 0 saturated carbocycles. The number of nitrogens with one attached hydrogen (secondary N) is 1. The number of rotatable bonds is 6. The molecule has 178 valence electrons. The van der Waals surface area contributed by atoms with Crippen molar-refractivity contribution in [3.8, 4) is 0 Å². The highest BCUT2D eigenvalue weighted by molar-refractivity contribution is 7.99. The van der Waals surface area contributed by atoms with E-state index >= 15 is 0 Å². The highest BCUT2D eigenvalue weighted by Crippen LogP contribution is 2.32. The van der Waals surface area contributed by atoms with Crippen molar-refractivity contribution in [2.45, 2.75) is 63.0 Å². The lowest BCUT2D eigenvalue weighted by atomic mass is 9.79. The van der Waals surface area contributed by atoms with E-state index < -0.39 is 17.7 Å². The van der Waals surface area contributed by atoms with Crippen molar-refractivity contribution in [2.75, 3.05) is 39.0 Å². The van der Waals surface area contributed by atoms with Gasteiger partial charge in [0, 0.05) is 23.7 Å². The van der Waals surface area contributed by atoms with E-state index in [1.165, 1.54) is 25.9 Å². The molecule has 32 heavy (non-hydrogen) atoms. The lowest BCUT2D eigenvalue weighted by Gasteiger charge is -2.40. The van der Waals surface area contributed by atoms with Crippen LogP contribution < -0.4 is 5.32 Å². The van der Waals surface area contributed by atoms with Crippen LogP contribution in [0.15, 0.2) is 35.2 Å². The molecule has 2 saturated heterocycles. The van der Waals surface area contributed by atoms with Crippen LogP contribution in [-0.2, 0) is 9.53 Å². The number of thioether (sulfide) groups is 1. The van der Waals surface area contributed by atoms with Crippen LogP contribution in [-0.4, -0.2) is 72.4 Å². The Hall–Kier alpha value is -1.73. The maximum absolute atomic E-state index is 13.4. The number of hydrogen-bond acceptors (Lipinski definition) is 5. The van der Waals surface area contributed by atoms with Crippen molar-refractivity contribution in [1.29, 1.82) is 0 Å². The van der Waals surface area contributed by atoms with Gasteiger partial charge >= 0.3 is 6.09 Å². The molecule has 1 aromatic rings. The van der Waals surface area contributed by atoms with Crippen LogP contribution in [0.4, 0.5) is 4.79 Å². The number of alkyl carbamates (subject to hydrolysis) is 1. The summed E-state index contributed by atoms with van der Waals surface area (Å²) >= 11 is 1.58. The fraction of sp³-hybridized carbons (Fsp3) is 0.680. The molecule has 2 amide bonds. The topological polar surface area (TPSA) is 61.9 Å². The third kappa shape index (κ3) is 7.69. The standard InChI is InChI=1S/C25H39N3O3S/c1-25(2,3)31-24(30)26-22(18-32-21-8-6-5-7-9-21)23(29)28-16-12-20(13-17-28)19-10-14-27(4)15-11-19/h5-9,19-20,22H,10-18H2,1-4H3,(H,26,30)/t22-/m1/s1. The van der Waals surface area contributed by atoms with Crippen LogP contribution >= 0.6 is 11.8 Å². The number of ether oxygens (including phenoxy) is 1. The molecule has 2 aliphatic heterocycles. The number of amides is 2. The summed E-state index contributed by atoms with van der Waals surface area (Å²) in [4.78, 5) is 31.3. The van der Waals surface area contributed by atoms with Gasteiger partial charge < -0.3 is 19.9 Å². The minimum absolute atomic E-state index is 0.00104. The van der Waals surface area contributed by atoms with E-state index in [0.717, 1.165) is 36.7 Å². The first-order chi connectivity index (χ1) is 15.2. The third-order valence-electron chi connectivity index (χ3n) is 6.43. The second kappa shape index (κ2) is 11.4. The Morgan fingerprint density at radius 3 is 2.16 bits per heavy atom. The third-order valence-corrected chi connectivity index (χ3v) is 7.54. The van der Waals surface area contributed by atoms with Gasteiger partial charge in [-0.15, -0.1) is 11.8 Å². The summed E-state index contributed by atoms with van der Waals surface area (Å²) in [6.45, 7) is 9.41. The Kier molecular flexibility index (Phi) is 8.88. The fourth-order valence-electron chi connectivity index (χ4n) is 4.63. The van der Waals surface area contributed by atoms with Crippen molar-refractivity contribution in [3.63, 3.8) is 0 Å². The normalized spacial score (nSPS) is 20.1. The molecule has 0 aliphatic carbocycles. The van der Waals surface area contributed by atoms with Gasteiger partial charge in [-0.1, -0.05) is 18.2 Å².